The molecule has 0 bridgehead atoms. The smallest absolute Gasteiger partial charge is 0.158 e. The van der Waals surface area contributed by atoms with Gasteiger partial charge in [0.2, 0.25) is 0 Å². The van der Waals surface area contributed by atoms with E-state index in [1.54, 1.807) is 24.3 Å². The first-order chi connectivity index (χ1) is 14.2. The van der Waals surface area contributed by atoms with Crippen molar-refractivity contribution in [1.29, 1.82) is 5.26 Å². The number of fused-ring (bicyclic) bond motifs is 3. The van der Waals surface area contributed by atoms with Crippen molar-refractivity contribution in [2.75, 3.05) is 5.32 Å². The second-order valence-corrected chi connectivity index (χ2v) is 6.73. The van der Waals surface area contributed by atoms with Crippen molar-refractivity contribution >= 4 is 28.2 Å². The molecule has 0 aliphatic carbocycles. The molecule has 0 saturated carbocycles. The van der Waals surface area contributed by atoms with E-state index < -0.39 is 0 Å². The summed E-state index contributed by atoms with van der Waals surface area (Å²) in [6, 6.07) is 28.9. The fourth-order valence-corrected chi connectivity index (χ4v) is 3.57. The van der Waals surface area contributed by atoms with Gasteiger partial charge in [0, 0.05) is 11.3 Å². The molecule has 0 spiro atoms. The highest BCUT2D eigenvalue weighted by atomic mass is 16.3. The Hall–Kier alpha value is -4.30. The summed E-state index contributed by atoms with van der Waals surface area (Å²) in [6.07, 6.45) is 0. The predicted molar refractivity (Wildman–Crippen MR) is 114 cm³/mol. The number of anilines is 2. The Morgan fingerprint density at radius 2 is 1.62 bits per heavy atom. The zero-order valence-electron chi connectivity index (χ0n) is 15.4. The zero-order chi connectivity index (χ0) is 19.8. The van der Waals surface area contributed by atoms with E-state index in [2.05, 4.69) is 11.4 Å². The van der Waals surface area contributed by atoms with E-state index >= 15 is 0 Å². The van der Waals surface area contributed by atoms with Crippen molar-refractivity contribution in [2.45, 2.75) is 0 Å². The number of aromatic hydroxyl groups is 1. The molecule has 0 radical (unpaired) electrons. The number of hydrogen-bond acceptors (Lipinski definition) is 4. The lowest BCUT2D eigenvalue weighted by molar-refractivity contribution is 0.475. The number of phenolic OH excluding ortho intramolecular Hbond substituents is 1. The van der Waals surface area contributed by atoms with Crippen molar-refractivity contribution in [3.8, 4) is 22.9 Å². The lowest BCUT2D eigenvalue weighted by Gasteiger charge is -2.14. The number of benzene rings is 3. The molecule has 0 aliphatic heterocycles. The molecule has 2 aromatic heterocycles. The molecule has 5 aromatic rings. The average Bonchev–Trinajstić information content (AvgIpc) is 3.15. The van der Waals surface area contributed by atoms with E-state index in [-0.39, 0.29) is 5.75 Å². The first-order valence-electron chi connectivity index (χ1n) is 9.20. The van der Waals surface area contributed by atoms with Crippen molar-refractivity contribution < 1.29 is 5.11 Å². The van der Waals surface area contributed by atoms with Crippen LogP contribution in [0.3, 0.4) is 0 Å². The number of rotatable bonds is 3. The number of nitrogens with zero attached hydrogens (tertiary/aromatic N) is 3. The molecule has 0 unspecified atom stereocenters. The number of imidazole rings is 1. The topological polar surface area (TPSA) is 73.3 Å². The number of phenols is 1. The van der Waals surface area contributed by atoms with Gasteiger partial charge >= 0.3 is 0 Å². The number of nitriles is 1. The van der Waals surface area contributed by atoms with Crippen LogP contribution in [0.25, 0.3) is 27.8 Å². The van der Waals surface area contributed by atoms with E-state index in [0.717, 1.165) is 33.7 Å². The monoisotopic (exact) mass is 376 g/mol. The van der Waals surface area contributed by atoms with Gasteiger partial charge < -0.3 is 10.4 Å². The summed E-state index contributed by atoms with van der Waals surface area (Å²) < 4.78 is 1.97. The van der Waals surface area contributed by atoms with Gasteiger partial charge in [0.1, 0.15) is 23.2 Å². The third-order valence-corrected chi connectivity index (χ3v) is 4.91. The van der Waals surface area contributed by atoms with Crippen molar-refractivity contribution in [1.82, 2.24) is 9.38 Å². The molecule has 138 valence electrons. The molecular formula is C24H16N4O. The molecular weight excluding hydrogens is 360 g/mol. The molecule has 5 rings (SSSR count). The Balaban J connectivity index is 1.84. The van der Waals surface area contributed by atoms with Gasteiger partial charge in [-0.2, -0.15) is 5.26 Å². The van der Waals surface area contributed by atoms with E-state index in [4.69, 9.17) is 4.98 Å². The highest BCUT2D eigenvalue weighted by Crippen LogP contribution is 2.34. The van der Waals surface area contributed by atoms with Crippen molar-refractivity contribution in [3.05, 3.63) is 90.5 Å². The molecule has 0 amide bonds. The minimum atomic E-state index is 0.207. The normalized spacial score (nSPS) is 10.9. The highest BCUT2D eigenvalue weighted by molar-refractivity contribution is 5.90. The Labute approximate surface area is 167 Å². The Kier molecular flexibility index (Phi) is 3.89. The first kappa shape index (κ1) is 16.8. The molecule has 0 atom stereocenters. The van der Waals surface area contributed by atoms with Gasteiger partial charge in [-0.3, -0.25) is 4.40 Å². The van der Waals surface area contributed by atoms with Crippen LogP contribution >= 0.6 is 0 Å². The second kappa shape index (κ2) is 6.70. The molecule has 2 heterocycles. The fourth-order valence-electron chi connectivity index (χ4n) is 3.57. The molecule has 3 aromatic carbocycles. The number of aromatic nitrogens is 2. The predicted octanol–water partition coefficient (Wildman–Crippen LogP) is 5.48. The van der Waals surface area contributed by atoms with Crippen LogP contribution in [0, 0.1) is 11.3 Å². The summed E-state index contributed by atoms with van der Waals surface area (Å²) in [5, 5.41) is 23.0. The quantitative estimate of drug-likeness (QED) is 0.409. The molecule has 5 heteroatoms. The summed E-state index contributed by atoms with van der Waals surface area (Å²) in [7, 11) is 0. The minimum absolute atomic E-state index is 0.207. The van der Waals surface area contributed by atoms with E-state index in [9.17, 15) is 10.4 Å². The third kappa shape index (κ3) is 2.84. The highest BCUT2D eigenvalue weighted by Gasteiger charge is 2.18. The third-order valence-electron chi connectivity index (χ3n) is 4.91. The van der Waals surface area contributed by atoms with E-state index in [0.29, 0.717) is 11.2 Å². The lowest BCUT2D eigenvalue weighted by Crippen LogP contribution is -2.02. The van der Waals surface area contributed by atoms with Gasteiger partial charge in [-0.15, -0.1) is 0 Å². The van der Waals surface area contributed by atoms with Crippen LogP contribution in [-0.4, -0.2) is 14.5 Å². The summed E-state index contributed by atoms with van der Waals surface area (Å²) in [4.78, 5) is 4.75. The summed E-state index contributed by atoms with van der Waals surface area (Å²) in [5.74, 6) is 0.996. The Morgan fingerprint density at radius 3 is 2.38 bits per heavy atom. The van der Waals surface area contributed by atoms with Gasteiger partial charge in [-0.05, 0) is 48.0 Å². The summed E-state index contributed by atoms with van der Waals surface area (Å²) in [5.41, 5.74) is 5.47. The molecule has 0 fully saturated rings. The SMILES string of the molecule is N#Cc1c(-c2ccccc2)cc(Nc2ccc(O)cc2)n2c1nc1ccccc12. The summed E-state index contributed by atoms with van der Waals surface area (Å²) in [6.45, 7) is 0. The Bertz CT molecular complexity index is 1380. The maximum atomic E-state index is 9.96. The summed E-state index contributed by atoms with van der Waals surface area (Å²) >= 11 is 0. The van der Waals surface area contributed by atoms with Crippen LogP contribution < -0.4 is 5.32 Å². The number of para-hydroxylation sites is 2. The van der Waals surface area contributed by atoms with Crippen molar-refractivity contribution in [3.63, 3.8) is 0 Å². The largest absolute Gasteiger partial charge is 0.508 e. The van der Waals surface area contributed by atoms with Gasteiger partial charge in [0.15, 0.2) is 5.65 Å². The van der Waals surface area contributed by atoms with Crippen LogP contribution in [0.2, 0.25) is 0 Å². The number of hydrogen-bond donors (Lipinski definition) is 2. The van der Waals surface area contributed by atoms with Gasteiger partial charge in [0.05, 0.1) is 11.0 Å². The molecule has 0 saturated heterocycles. The van der Waals surface area contributed by atoms with Crippen LogP contribution in [-0.2, 0) is 0 Å². The van der Waals surface area contributed by atoms with Crippen LogP contribution in [0.5, 0.6) is 5.75 Å². The van der Waals surface area contributed by atoms with Gasteiger partial charge in [0.25, 0.3) is 0 Å². The van der Waals surface area contributed by atoms with E-state index in [1.165, 1.54) is 0 Å². The average molecular weight is 376 g/mol. The number of nitrogens with one attached hydrogen (secondary N) is 1. The molecule has 29 heavy (non-hydrogen) atoms. The number of pyridine rings is 1. The second-order valence-electron chi connectivity index (χ2n) is 6.73. The molecule has 0 aliphatic rings. The molecule has 5 nitrogen and oxygen atoms in total. The minimum Gasteiger partial charge on any atom is -0.508 e. The fraction of sp³-hybridized carbons (Fsp3) is 0. The zero-order valence-corrected chi connectivity index (χ0v) is 15.4. The van der Waals surface area contributed by atoms with Crippen LogP contribution in [0.1, 0.15) is 5.56 Å². The lowest BCUT2D eigenvalue weighted by atomic mass is 10.0. The first-order valence-corrected chi connectivity index (χ1v) is 9.20. The standard InChI is InChI=1S/C24H16N4O/c25-15-20-19(16-6-2-1-3-7-16)14-23(26-17-10-12-18(29)13-11-17)28-22-9-5-4-8-21(22)27-24(20)28/h1-14,26,29H. The van der Waals surface area contributed by atoms with Crippen LogP contribution in [0.4, 0.5) is 11.5 Å². The Morgan fingerprint density at radius 1 is 0.897 bits per heavy atom. The van der Waals surface area contributed by atoms with Gasteiger partial charge in [-0.1, -0.05) is 42.5 Å². The van der Waals surface area contributed by atoms with Gasteiger partial charge in [-0.25, -0.2) is 4.98 Å². The maximum Gasteiger partial charge on any atom is 0.158 e. The molecule has 2 N–H and O–H groups in total. The van der Waals surface area contributed by atoms with E-state index in [1.807, 2.05) is 65.1 Å². The van der Waals surface area contributed by atoms with Crippen molar-refractivity contribution in [2.24, 2.45) is 0 Å². The van der Waals surface area contributed by atoms with Crippen LogP contribution in [0.15, 0.2) is 84.9 Å². The maximum absolute atomic E-state index is 9.96.